The van der Waals surface area contributed by atoms with Gasteiger partial charge < -0.3 is 19.1 Å². The lowest BCUT2D eigenvalue weighted by atomic mass is 9.90. The summed E-state index contributed by atoms with van der Waals surface area (Å²) in [5.41, 5.74) is 0.845. The Morgan fingerprint density at radius 1 is 1.31 bits per heavy atom. The van der Waals surface area contributed by atoms with E-state index in [1.807, 2.05) is 16.7 Å². The number of carbonyl (C=O) groups is 2. The molecule has 0 N–H and O–H groups in total. The Bertz CT molecular complexity index is 676. The van der Waals surface area contributed by atoms with Gasteiger partial charge in [0.2, 0.25) is 0 Å². The van der Waals surface area contributed by atoms with Crippen LogP contribution in [-0.4, -0.2) is 58.2 Å². The molecule has 2 aliphatic heterocycles. The second-order valence-corrected chi connectivity index (χ2v) is 7.52. The van der Waals surface area contributed by atoms with Gasteiger partial charge in [0, 0.05) is 32.0 Å². The first kappa shape index (κ1) is 18.7. The van der Waals surface area contributed by atoms with Crippen molar-refractivity contribution >= 4 is 12.0 Å². The minimum absolute atomic E-state index is 0.0315. The van der Waals surface area contributed by atoms with Gasteiger partial charge in [-0.05, 0) is 26.7 Å². The number of ether oxygens (including phenoxy) is 1. The highest BCUT2D eigenvalue weighted by atomic mass is 16.6. The third-order valence-corrected chi connectivity index (χ3v) is 5.68. The van der Waals surface area contributed by atoms with Crippen LogP contribution in [0.1, 0.15) is 68.3 Å². The number of carbonyl (C=O) groups excluding carboxylic acids is 2. The monoisotopic (exact) mass is 363 g/mol. The van der Waals surface area contributed by atoms with Gasteiger partial charge >= 0.3 is 6.09 Å². The number of piperidine rings is 1. The summed E-state index contributed by atoms with van der Waals surface area (Å²) in [6.07, 6.45) is 3.81. The smallest absolute Gasteiger partial charge is 0.410 e. The highest BCUT2D eigenvalue weighted by Crippen LogP contribution is 2.35. The van der Waals surface area contributed by atoms with Crippen molar-refractivity contribution in [2.75, 3.05) is 19.6 Å². The van der Waals surface area contributed by atoms with Crippen LogP contribution >= 0.6 is 0 Å². The van der Waals surface area contributed by atoms with E-state index in [-0.39, 0.29) is 18.0 Å². The predicted octanol–water partition coefficient (Wildman–Crippen LogP) is 3.16. The van der Waals surface area contributed by atoms with E-state index in [4.69, 9.17) is 9.26 Å². The van der Waals surface area contributed by atoms with Gasteiger partial charge in [0.05, 0.1) is 12.2 Å². The molecule has 7 heteroatoms. The molecule has 7 nitrogen and oxygen atoms in total. The Morgan fingerprint density at radius 3 is 2.62 bits per heavy atom. The lowest BCUT2D eigenvalue weighted by Gasteiger charge is -2.37. The van der Waals surface area contributed by atoms with E-state index in [2.05, 4.69) is 19.0 Å². The number of rotatable bonds is 5. The molecule has 26 heavy (non-hydrogen) atoms. The molecule has 2 fully saturated rings. The molecule has 144 valence electrons. The maximum absolute atomic E-state index is 12.9. The first-order valence-corrected chi connectivity index (χ1v) is 9.64. The van der Waals surface area contributed by atoms with Gasteiger partial charge in [0.15, 0.2) is 0 Å². The van der Waals surface area contributed by atoms with Crippen molar-refractivity contribution < 1.29 is 18.8 Å². The lowest BCUT2D eigenvalue weighted by molar-refractivity contribution is 0.00301. The Labute approximate surface area is 154 Å². The Kier molecular flexibility index (Phi) is 5.25. The highest BCUT2D eigenvalue weighted by Gasteiger charge is 2.48. The summed E-state index contributed by atoms with van der Waals surface area (Å²) in [7, 11) is 0. The molecule has 0 aromatic carbocycles. The van der Waals surface area contributed by atoms with Gasteiger partial charge in [-0.1, -0.05) is 25.4 Å². The molecular weight excluding hydrogens is 334 g/mol. The zero-order valence-electron chi connectivity index (χ0n) is 16.2. The van der Waals surface area contributed by atoms with Gasteiger partial charge in [-0.2, -0.15) is 0 Å². The number of aromatic nitrogens is 1. The number of nitrogens with zero attached hydrogens (tertiary/aromatic N) is 3. The number of hydrogen-bond donors (Lipinski definition) is 0. The van der Waals surface area contributed by atoms with Gasteiger partial charge in [0.1, 0.15) is 16.9 Å². The van der Waals surface area contributed by atoms with E-state index in [1.54, 1.807) is 6.92 Å². The van der Waals surface area contributed by atoms with E-state index in [0.29, 0.717) is 55.9 Å². The third kappa shape index (κ3) is 3.31. The van der Waals surface area contributed by atoms with Crippen LogP contribution in [0.4, 0.5) is 4.79 Å². The quantitative estimate of drug-likeness (QED) is 0.803. The molecule has 1 aromatic rings. The fourth-order valence-electron chi connectivity index (χ4n) is 4.03. The Hall–Kier alpha value is -2.05. The van der Waals surface area contributed by atoms with Crippen molar-refractivity contribution in [1.29, 1.82) is 0 Å². The van der Waals surface area contributed by atoms with Gasteiger partial charge in [-0.15, -0.1) is 0 Å². The van der Waals surface area contributed by atoms with E-state index in [0.717, 1.165) is 12.8 Å². The minimum Gasteiger partial charge on any atom is -0.441 e. The van der Waals surface area contributed by atoms with Gasteiger partial charge in [-0.25, -0.2) is 4.79 Å². The van der Waals surface area contributed by atoms with E-state index < -0.39 is 5.60 Å². The number of hydrogen-bond acceptors (Lipinski definition) is 5. The summed E-state index contributed by atoms with van der Waals surface area (Å²) in [5.74, 6) is 0.537. The average molecular weight is 363 g/mol. The minimum atomic E-state index is -0.451. The van der Waals surface area contributed by atoms with Crippen molar-refractivity contribution in [2.24, 2.45) is 0 Å². The molecule has 2 aliphatic rings. The summed E-state index contributed by atoms with van der Waals surface area (Å²) in [6.45, 7) is 9.71. The zero-order valence-corrected chi connectivity index (χ0v) is 16.2. The fraction of sp³-hybridized carbons (Fsp3) is 0.737. The molecule has 1 atom stereocenters. The number of likely N-dealkylation sites (tertiary alicyclic amines) is 1. The van der Waals surface area contributed by atoms with Crippen molar-refractivity contribution in [3.05, 3.63) is 17.0 Å². The molecule has 1 spiro atoms. The second-order valence-electron chi connectivity index (χ2n) is 7.52. The van der Waals surface area contributed by atoms with Crippen LogP contribution in [0.15, 0.2) is 4.52 Å². The summed E-state index contributed by atoms with van der Waals surface area (Å²) >= 11 is 0. The maximum Gasteiger partial charge on any atom is 0.410 e. The molecule has 0 bridgehead atoms. The number of aryl methyl sites for hydroxylation is 2. The first-order chi connectivity index (χ1) is 12.4. The topological polar surface area (TPSA) is 75.9 Å². The second kappa shape index (κ2) is 7.29. The lowest BCUT2D eigenvalue weighted by Crippen LogP contribution is -2.49. The fourth-order valence-corrected chi connectivity index (χ4v) is 4.03. The molecule has 1 aromatic heterocycles. The highest BCUT2D eigenvalue weighted by molar-refractivity contribution is 5.96. The summed E-state index contributed by atoms with van der Waals surface area (Å²) in [4.78, 5) is 28.9. The van der Waals surface area contributed by atoms with Crippen molar-refractivity contribution in [3.63, 3.8) is 0 Å². The SMILES string of the molecule is CCC[C@@H](C)N1CC2(CCN(C(=O)c3c(CC)noc3C)CC2)OC1=O. The molecule has 3 rings (SSSR count). The normalized spacial score (nSPS) is 20.5. The summed E-state index contributed by atoms with van der Waals surface area (Å²) in [5, 5.41) is 3.98. The molecule has 0 unspecified atom stereocenters. The Morgan fingerprint density at radius 2 is 2.00 bits per heavy atom. The number of amides is 2. The van der Waals surface area contributed by atoms with Crippen LogP contribution in [-0.2, 0) is 11.2 Å². The van der Waals surface area contributed by atoms with E-state index >= 15 is 0 Å². The molecule has 0 saturated carbocycles. The molecule has 0 radical (unpaired) electrons. The van der Waals surface area contributed by atoms with Crippen LogP contribution < -0.4 is 0 Å². The van der Waals surface area contributed by atoms with Crippen molar-refractivity contribution in [1.82, 2.24) is 15.0 Å². The molecule has 0 aliphatic carbocycles. The first-order valence-electron chi connectivity index (χ1n) is 9.64. The van der Waals surface area contributed by atoms with Crippen LogP contribution in [0.5, 0.6) is 0 Å². The van der Waals surface area contributed by atoms with Crippen molar-refractivity contribution in [3.8, 4) is 0 Å². The van der Waals surface area contributed by atoms with Gasteiger partial charge in [0.25, 0.3) is 5.91 Å². The Balaban J connectivity index is 1.65. The van der Waals surface area contributed by atoms with Crippen LogP contribution in [0.2, 0.25) is 0 Å². The van der Waals surface area contributed by atoms with Crippen LogP contribution in [0, 0.1) is 6.92 Å². The van der Waals surface area contributed by atoms with Crippen molar-refractivity contribution in [2.45, 2.75) is 71.4 Å². The maximum atomic E-state index is 12.9. The average Bonchev–Trinajstić information content (AvgIpc) is 3.15. The third-order valence-electron chi connectivity index (χ3n) is 5.68. The summed E-state index contributed by atoms with van der Waals surface area (Å²) < 4.78 is 11.0. The standard InChI is InChI=1S/C19H29N3O4/c1-5-7-13(3)22-12-19(25-18(22)24)8-10-21(11-9-19)17(23)16-14(4)26-20-15(16)6-2/h13H,5-12H2,1-4H3/t13-/m1/s1. The van der Waals surface area contributed by atoms with E-state index in [9.17, 15) is 9.59 Å². The van der Waals surface area contributed by atoms with E-state index in [1.165, 1.54) is 0 Å². The van der Waals surface area contributed by atoms with Gasteiger partial charge in [-0.3, -0.25) is 4.79 Å². The molecule has 3 heterocycles. The summed E-state index contributed by atoms with van der Waals surface area (Å²) in [6, 6.07) is 0.193. The largest absolute Gasteiger partial charge is 0.441 e. The molecular formula is C19H29N3O4. The van der Waals surface area contributed by atoms with Crippen LogP contribution in [0.25, 0.3) is 0 Å². The molecule has 2 amide bonds. The predicted molar refractivity (Wildman–Crippen MR) is 96.0 cm³/mol. The molecule has 2 saturated heterocycles. The van der Waals surface area contributed by atoms with Crippen LogP contribution in [0.3, 0.4) is 0 Å². The zero-order chi connectivity index (χ0) is 18.9.